The molecule has 2 aliphatic heterocycles. The summed E-state index contributed by atoms with van der Waals surface area (Å²) >= 11 is 0. The van der Waals surface area contributed by atoms with Crippen LogP contribution in [-0.4, -0.2) is 63.6 Å². The fraction of sp³-hybridized carbons (Fsp3) is 0.600. The normalized spacial score (nSPS) is 27.5. The largest absolute Gasteiger partial charge is 0.356 e. The Labute approximate surface area is 163 Å². The second kappa shape index (κ2) is 7.07. The third kappa shape index (κ3) is 3.00. The molecule has 150 valence electrons. The number of hydrogen-bond donors (Lipinski definition) is 2. The molecule has 1 aliphatic carbocycles. The SMILES string of the molecule is CC1CCCCC12NC(=O)N(CC(=O)c1c[nH]c(C(=O)N3CCCC3)c1)C2=O. The molecule has 2 atom stereocenters. The molecule has 1 spiro atoms. The van der Waals surface area contributed by atoms with Crippen LogP contribution in [-0.2, 0) is 4.79 Å². The van der Waals surface area contributed by atoms with Crippen LogP contribution in [0.3, 0.4) is 0 Å². The molecule has 28 heavy (non-hydrogen) atoms. The highest BCUT2D eigenvalue weighted by Gasteiger charge is 2.55. The van der Waals surface area contributed by atoms with Crippen LogP contribution in [0.4, 0.5) is 4.79 Å². The van der Waals surface area contributed by atoms with Gasteiger partial charge < -0.3 is 15.2 Å². The second-order valence-electron chi connectivity index (χ2n) is 8.16. The summed E-state index contributed by atoms with van der Waals surface area (Å²) in [5, 5.41) is 2.85. The van der Waals surface area contributed by atoms with Gasteiger partial charge in [0.15, 0.2) is 5.78 Å². The van der Waals surface area contributed by atoms with Gasteiger partial charge in [0.1, 0.15) is 11.2 Å². The van der Waals surface area contributed by atoms with E-state index in [1.54, 1.807) is 4.90 Å². The first kappa shape index (κ1) is 18.7. The van der Waals surface area contributed by atoms with Crippen LogP contribution in [0.25, 0.3) is 0 Å². The number of hydrogen-bond acceptors (Lipinski definition) is 4. The number of carbonyl (C=O) groups is 4. The van der Waals surface area contributed by atoms with Crippen LogP contribution in [0.15, 0.2) is 12.3 Å². The number of amides is 4. The summed E-state index contributed by atoms with van der Waals surface area (Å²) in [6, 6.07) is 1.01. The van der Waals surface area contributed by atoms with Gasteiger partial charge in [-0.2, -0.15) is 0 Å². The van der Waals surface area contributed by atoms with Gasteiger partial charge in [-0.1, -0.05) is 19.8 Å². The van der Waals surface area contributed by atoms with Crippen molar-refractivity contribution in [2.24, 2.45) is 5.92 Å². The number of H-pyrrole nitrogens is 1. The van der Waals surface area contributed by atoms with Crippen LogP contribution in [0, 0.1) is 5.92 Å². The maximum atomic E-state index is 13.0. The first-order chi connectivity index (χ1) is 13.4. The first-order valence-electron chi connectivity index (χ1n) is 10.1. The highest BCUT2D eigenvalue weighted by molar-refractivity contribution is 6.11. The molecule has 8 heteroatoms. The average Bonchev–Trinajstić information content (AvgIpc) is 3.41. The van der Waals surface area contributed by atoms with Crippen molar-refractivity contribution in [1.82, 2.24) is 20.1 Å². The molecule has 3 fully saturated rings. The zero-order valence-corrected chi connectivity index (χ0v) is 16.1. The molecular formula is C20H26N4O4. The Morgan fingerprint density at radius 1 is 1.18 bits per heavy atom. The summed E-state index contributed by atoms with van der Waals surface area (Å²) in [5.74, 6) is -0.737. The first-order valence-corrected chi connectivity index (χ1v) is 10.1. The molecule has 2 unspecified atom stereocenters. The molecule has 0 radical (unpaired) electrons. The second-order valence-corrected chi connectivity index (χ2v) is 8.16. The van der Waals surface area contributed by atoms with Crippen LogP contribution >= 0.6 is 0 Å². The number of ketones is 1. The number of likely N-dealkylation sites (tertiary alicyclic amines) is 1. The Bertz CT molecular complexity index is 826. The van der Waals surface area contributed by atoms with Gasteiger partial charge >= 0.3 is 6.03 Å². The minimum absolute atomic E-state index is 0.0507. The number of rotatable bonds is 4. The molecule has 2 N–H and O–H groups in total. The molecule has 1 aromatic heterocycles. The smallest absolute Gasteiger partial charge is 0.325 e. The van der Waals surface area contributed by atoms with Gasteiger partial charge in [-0.05, 0) is 37.7 Å². The van der Waals surface area contributed by atoms with Crippen molar-refractivity contribution in [3.8, 4) is 0 Å². The van der Waals surface area contributed by atoms with Gasteiger partial charge in [0.2, 0.25) is 0 Å². The van der Waals surface area contributed by atoms with Gasteiger partial charge in [0.05, 0.1) is 6.54 Å². The Kier molecular flexibility index (Phi) is 4.72. The van der Waals surface area contributed by atoms with Crippen molar-refractivity contribution in [3.63, 3.8) is 0 Å². The zero-order valence-electron chi connectivity index (χ0n) is 16.1. The van der Waals surface area contributed by atoms with E-state index < -0.39 is 11.6 Å². The molecule has 2 saturated heterocycles. The lowest BCUT2D eigenvalue weighted by Crippen LogP contribution is -2.54. The van der Waals surface area contributed by atoms with Crippen LogP contribution in [0.1, 0.15) is 66.3 Å². The quantitative estimate of drug-likeness (QED) is 0.610. The van der Waals surface area contributed by atoms with Gasteiger partial charge in [-0.3, -0.25) is 19.3 Å². The number of carbonyl (C=O) groups excluding carboxylic acids is 4. The van der Waals surface area contributed by atoms with E-state index in [0.29, 0.717) is 17.7 Å². The maximum absolute atomic E-state index is 13.0. The fourth-order valence-electron chi connectivity index (χ4n) is 4.64. The number of aromatic nitrogens is 1. The molecule has 0 bridgehead atoms. The summed E-state index contributed by atoms with van der Waals surface area (Å²) in [7, 11) is 0. The predicted octanol–water partition coefficient (Wildman–Crippen LogP) is 1.93. The van der Waals surface area contributed by atoms with E-state index in [1.165, 1.54) is 12.3 Å². The van der Waals surface area contributed by atoms with Crippen LogP contribution < -0.4 is 5.32 Å². The van der Waals surface area contributed by atoms with Crippen molar-refractivity contribution in [1.29, 1.82) is 0 Å². The van der Waals surface area contributed by atoms with Crippen molar-refractivity contribution >= 4 is 23.6 Å². The minimum Gasteiger partial charge on any atom is -0.356 e. The molecule has 1 aromatic rings. The lowest BCUT2D eigenvalue weighted by Gasteiger charge is -2.36. The average molecular weight is 386 g/mol. The fourth-order valence-corrected chi connectivity index (χ4v) is 4.64. The highest BCUT2D eigenvalue weighted by Crippen LogP contribution is 2.38. The zero-order chi connectivity index (χ0) is 19.9. The Morgan fingerprint density at radius 2 is 1.93 bits per heavy atom. The number of nitrogens with one attached hydrogen (secondary N) is 2. The van der Waals surface area contributed by atoms with E-state index >= 15 is 0 Å². The lowest BCUT2D eigenvalue weighted by atomic mass is 9.73. The van der Waals surface area contributed by atoms with Gasteiger partial charge in [-0.15, -0.1) is 0 Å². The Hall–Kier alpha value is -2.64. The maximum Gasteiger partial charge on any atom is 0.325 e. The summed E-state index contributed by atoms with van der Waals surface area (Å²) in [6.07, 6.45) is 6.88. The van der Waals surface area contributed by atoms with E-state index in [-0.39, 0.29) is 30.1 Å². The van der Waals surface area contributed by atoms with Crippen molar-refractivity contribution in [3.05, 3.63) is 23.5 Å². The van der Waals surface area contributed by atoms with Gasteiger partial charge in [-0.25, -0.2) is 4.79 Å². The molecule has 3 heterocycles. The Balaban J connectivity index is 1.46. The van der Waals surface area contributed by atoms with Crippen LogP contribution in [0.2, 0.25) is 0 Å². The molecule has 3 aliphatic rings. The van der Waals surface area contributed by atoms with Crippen LogP contribution in [0.5, 0.6) is 0 Å². The van der Waals surface area contributed by atoms with Gasteiger partial charge in [0.25, 0.3) is 11.8 Å². The predicted molar refractivity (Wildman–Crippen MR) is 101 cm³/mol. The number of imide groups is 1. The van der Waals surface area contributed by atoms with Crippen molar-refractivity contribution in [2.75, 3.05) is 19.6 Å². The standard InChI is InChI=1S/C20H26N4O4/c1-13-6-2-3-7-20(13)18(27)24(19(28)22-20)12-16(25)14-10-15(21-11-14)17(26)23-8-4-5-9-23/h10-11,13,21H,2-9,12H2,1H3,(H,22,28). The van der Waals surface area contributed by atoms with E-state index in [4.69, 9.17) is 0 Å². The number of nitrogens with zero attached hydrogens (tertiary/aromatic N) is 2. The van der Waals surface area contributed by atoms with Crippen molar-refractivity contribution in [2.45, 2.75) is 51.0 Å². The molecular weight excluding hydrogens is 360 g/mol. The summed E-state index contributed by atoms with van der Waals surface area (Å²) in [5.41, 5.74) is -0.203. The third-order valence-electron chi connectivity index (χ3n) is 6.43. The summed E-state index contributed by atoms with van der Waals surface area (Å²) < 4.78 is 0. The molecule has 8 nitrogen and oxygen atoms in total. The molecule has 4 amide bonds. The van der Waals surface area contributed by atoms with Gasteiger partial charge in [0, 0.05) is 24.8 Å². The van der Waals surface area contributed by atoms with E-state index in [0.717, 1.165) is 50.1 Å². The number of aromatic amines is 1. The Morgan fingerprint density at radius 3 is 2.64 bits per heavy atom. The minimum atomic E-state index is -0.870. The topological polar surface area (TPSA) is 103 Å². The molecule has 1 saturated carbocycles. The number of urea groups is 1. The highest BCUT2D eigenvalue weighted by atomic mass is 16.2. The number of Topliss-reactive ketones (excluding diaryl/α,β-unsaturated/α-hetero) is 1. The lowest BCUT2D eigenvalue weighted by molar-refractivity contribution is -0.133. The summed E-state index contributed by atoms with van der Waals surface area (Å²) in [6.45, 7) is 3.12. The molecule has 0 aromatic carbocycles. The van der Waals surface area contributed by atoms with Crippen molar-refractivity contribution < 1.29 is 19.2 Å². The molecule has 4 rings (SSSR count). The van der Waals surface area contributed by atoms with E-state index in [2.05, 4.69) is 10.3 Å². The third-order valence-corrected chi connectivity index (χ3v) is 6.43. The monoisotopic (exact) mass is 386 g/mol. The van der Waals surface area contributed by atoms with E-state index in [9.17, 15) is 19.2 Å². The van der Waals surface area contributed by atoms with E-state index in [1.807, 2.05) is 6.92 Å². The summed E-state index contributed by atoms with van der Waals surface area (Å²) in [4.78, 5) is 56.2.